The second-order valence-electron chi connectivity index (χ2n) is 11.0. The number of nitrogens with zero attached hydrogens (tertiary/aromatic N) is 4. The molecule has 2 aliphatic rings. The number of hydrogen-bond donors (Lipinski definition) is 0. The third-order valence-corrected chi connectivity index (χ3v) is 9.08. The average molecular weight is 499 g/mol. The van der Waals surface area contributed by atoms with Crippen molar-refractivity contribution < 1.29 is 0 Å². The molecule has 2 aromatic heterocycles. The summed E-state index contributed by atoms with van der Waals surface area (Å²) >= 11 is 1.76. The topological polar surface area (TPSA) is 52.2 Å². The largest absolute Gasteiger partial charge is 0.268 e. The lowest BCUT2D eigenvalue weighted by atomic mass is 9.62. The van der Waals surface area contributed by atoms with Gasteiger partial charge >= 0.3 is 0 Å². The summed E-state index contributed by atoms with van der Waals surface area (Å²) in [4.78, 5) is 14.7. The monoisotopic (exact) mass is 498 g/mol. The van der Waals surface area contributed by atoms with Gasteiger partial charge in [0.15, 0.2) is 5.16 Å². The lowest BCUT2D eigenvalue weighted by Crippen LogP contribution is -2.43. The molecule has 0 unspecified atom stereocenters. The first-order valence-electron chi connectivity index (χ1n) is 13.3. The standard InChI is InChI=1S/C30H34N4OS/c1-20(2)15-18-36-29-32-31-28-33(24-14-8-5-11-21(24)3)27(35)25-26(34(28)29)23-13-7-6-12-22(23)19-30(25)16-9-4-10-17-30/h5-8,11-14,20H,4,9-10,15-19H2,1-3H3. The van der Waals surface area contributed by atoms with E-state index in [4.69, 9.17) is 0 Å². The molecule has 6 heteroatoms. The van der Waals surface area contributed by atoms with Crippen LogP contribution in [0.15, 0.2) is 58.5 Å². The van der Waals surface area contributed by atoms with E-state index in [0.29, 0.717) is 11.7 Å². The number of rotatable bonds is 5. The van der Waals surface area contributed by atoms with Crippen molar-refractivity contribution in [3.05, 3.63) is 75.6 Å². The molecule has 0 amide bonds. The number of hydrogen-bond acceptors (Lipinski definition) is 4. The van der Waals surface area contributed by atoms with Crippen molar-refractivity contribution in [2.75, 3.05) is 5.75 Å². The highest BCUT2D eigenvalue weighted by Crippen LogP contribution is 2.49. The molecule has 0 bridgehead atoms. The van der Waals surface area contributed by atoms with E-state index in [1.165, 1.54) is 24.8 Å². The van der Waals surface area contributed by atoms with E-state index in [2.05, 4.69) is 65.7 Å². The molecule has 4 aromatic rings. The Morgan fingerprint density at radius 3 is 2.53 bits per heavy atom. The first-order chi connectivity index (χ1) is 17.5. The maximum absolute atomic E-state index is 14.7. The van der Waals surface area contributed by atoms with Crippen LogP contribution in [0.3, 0.4) is 0 Å². The van der Waals surface area contributed by atoms with Crippen LogP contribution in [0.5, 0.6) is 0 Å². The van der Waals surface area contributed by atoms with Gasteiger partial charge in [0.2, 0.25) is 5.78 Å². The third-order valence-electron chi connectivity index (χ3n) is 8.12. The molecule has 1 saturated carbocycles. The van der Waals surface area contributed by atoms with Gasteiger partial charge < -0.3 is 0 Å². The molecular formula is C30H34N4OS. The SMILES string of the molecule is Cc1ccccc1-n1c(=O)c2c(n3c(SCCC(C)C)nnc13)-c1ccccc1CC21CCCCC1. The Bertz CT molecular complexity index is 1490. The maximum Gasteiger partial charge on any atom is 0.263 e. The molecule has 6 rings (SSSR count). The Balaban J connectivity index is 1.72. The Morgan fingerprint density at radius 1 is 1.00 bits per heavy atom. The zero-order valence-corrected chi connectivity index (χ0v) is 22.3. The maximum atomic E-state index is 14.7. The Labute approximate surface area is 217 Å². The van der Waals surface area contributed by atoms with Gasteiger partial charge in [0.1, 0.15) is 0 Å². The number of fused-ring (bicyclic) bond motifs is 6. The minimum absolute atomic E-state index is 0.0781. The van der Waals surface area contributed by atoms with Crippen LogP contribution in [0, 0.1) is 12.8 Å². The highest BCUT2D eigenvalue weighted by Gasteiger charge is 2.44. The zero-order chi connectivity index (χ0) is 24.9. The van der Waals surface area contributed by atoms with Gasteiger partial charge in [-0.1, -0.05) is 87.3 Å². The van der Waals surface area contributed by atoms with E-state index in [9.17, 15) is 4.79 Å². The lowest BCUT2D eigenvalue weighted by molar-refractivity contribution is 0.284. The van der Waals surface area contributed by atoms with Crippen LogP contribution in [0.4, 0.5) is 0 Å². The van der Waals surface area contributed by atoms with Crippen LogP contribution in [0.2, 0.25) is 0 Å². The van der Waals surface area contributed by atoms with Crippen LogP contribution < -0.4 is 5.56 Å². The fourth-order valence-corrected chi connectivity index (χ4v) is 7.45. The van der Waals surface area contributed by atoms with E-state index in [1.807, 2.05) is 22.8 Å². The molecule has 2 aliphatic carbocycles. The van der Waals surface area contributed by atoms with Crippen molar-refractivity contribution in [1.82, 2.24) is 19.2 Å². The molecule has 2 aromatic carbocycles. The third kappa shape index (κ3) is 3.73. The second kappa shape index (κ2) is 9.22. The van der Waals surface area contributed by atoms with Crippen LogP contribution in [-0.4, -0.2) is 24.9 Å². The molecule has 0 saturated heterocycles. The smallest absolute Gasteiger partial charge is 0.263 e. The van der Waals surface area contributed by atoms with Gasteiger partial charge in [-0.15, -0.1) is 10.2 Å². The number of aromatic nitrogens is 4. The Hall–Kier alpha value is -2.86. The molecule has 0 aliphatic heterocycles. The minimum atomic E-state index is -0.137. The van der Waals surface area contributed by atoms with Gasteiger partial charge in [-0.3, -0.25) is 9.20 Å². The summed E-state index contributed by atoms with van der Waals surface area (Å²) in [6, 6.07) is 16.8. The molecule has 36 heavy (non-hydrogen) atoms. The molecule has 2 heterocycles. The molecule has 186 valence electrons. The first kappa shape index (κ1) is 23.5. The lowest BCUT2D eigenvalue weighted by Gasteiger charge is -2.42. The highest BCUT2D eigenvalue weighted by atomic mass is 32.2. The van der Waals surface area contributed by atoms with Crippen molar-refractivity contribution in [1.29, 1.82) is 0 Å². The summed E-state index contributed by atoms with van der Waals surface area (Å²) in [5.41, 5.74) is 6.40. The van der Waals surface area contributed by atoms with Crippen molar-refractivity contribution in [2.24, 2.45) is 5.92 Å². The van der Waals surface area contributed by atoms with Gasteiger partial charge in [-0.2, -0.15) is 0 Å². The molecule has 0 N–H and O–H groups in total. The van der Waals surface area contributed by atoms with E-state index >= 15 is 0 Å². The number of para-hydroxylation sites is 1. The average Bonchev–Trinajstić information content (AvgIpc) is 3.28. The van der Waals surface area contributed by atoms with E-state index in [1.54, 1.807) is 11.8 Å². The van der Waals surface area contributed by atoms with Crippen LogP contribution in [-0.2, 0) is 11.8 Å². The van der Waals surface area contributed by atoms with Gasteiger partial charge in [-0.05, 0) is 55.7 Å². The number of thioether (sulfide) groups is 1. The number of benzene rings is 2. The summed E-state index contributed by atoms with van der Waals surface area (Å²) in [6.07, 6.45) is 7.74. The minimum Gasteiger partial charge on any atom is -0.268 e. The quantitative estimate of drug-likeness (QED) is 0.286. The Kier molecular flexibility index (Phi) is 6.03. The summed E-state index contributed by atoms with van der Waals surface area (Å²) in [5.74, 6) is 2.22. The fraction of sp³-hybridized carbons (Fsp3) is 0.433. The first-order valence-corrected chi connectivity index (χ1v) is 14.3. The van der Waals surface area contributed by atoms with Gasteiger partial charge in [0.05, 0.1) is 11.4 Å². The fourth-order valence-electron chi connectivity index (χ4n) is 6.28. The molecular weight excluding hydrogens is 464 g/mol. The van der Waals surface area contributed by atoms with E-state index in [-0.39, 0.29) is 11.0 Å². The molecule has 1 spiro atoms. The summed E-state index contributed by atoms with van der Waals surface area (Å²) in [6.45, 7) is 6.57. The van der Waals surface area contributed by atoms with Crippen molar-refractivity contribution in [2.45, 2.75) is 76.3 Å². The highest BCUT2D eigenvalue weighted by molar-refractivity contribution is 7.99. The molecule has 0 atom stereocenters. The molecule has 0 radical (unpaired) electrons. The van der Waals surface area contributed by atoms with E-state index in [0.717, 1.165) is 64.7 Å². The second-order valence-corrected chi connectivity index (χ2v) is 12.0. The molecule has 1 fully saturated rings. The number of aryl methyl sites for hydroxylation is 1. The van der Waals surface area contributed by atoms with Crippen LogP contribution in [0.1, 0.15) is 69.1 Å². The van der Waals surface area contributed by atoms with Gasteiger partial charge in [0, 0.05) is 22.3 Å². The summed E-state index contributed by atoms with van der Waals surface area (Å²) in [5, 5.41) is 10.2. The van der Waals surface area contributed by atoms with Crippen molar-refractivity contribution in [3.8, 4) is 16.9 Å². The predicted octanol–water partition coefficient (Wildman–Crippen LogP) is 6.75. The summed E-state index contributed by atoms with van der Waals surface area (Å²) < 4.78 is 4.06. The van der Waals surface area contributed by atoms with Crippen molar-refractivity contribution in [3.63, 3.8) is 0 Å². The molecule has 5 nitrogen and oxygen atoms in total. The van der Waals surface area contributed by atoms with Crippen LogP contribution >= 0.6 is 11.8 Å². The van der Waals surface area contributed by atoms with Gasteiger partial charge in [-0.25, -0.2) is 4.57 Å². The Morgan fingerprint density at radius 2 is 1.75 bits per heavy atom. The van der Waals surface area contributed by atoms with Crippen LogP contribution in [0.25, 0.3) is 22.7 Å². The predicted molar refractivity (Wildman–Crippen MR) is 147 cm³/mol. The zero-order valence-electron chi connectivity index (χ0n) is 21.5. The normalized spacial score (nSPS) is 16.4. The summed E-state index contributed by atoms with van der Waals surface area (Å²) in [7, 11) is 0. The van der Waals surface area contributed by atoms with E-state index < -0.39 is 0 Å². The van der Waals surface area contributed by atoms with Crippen molar-refractivity contribution >= 4 is 17.5 Å². The van der Waals surface area contributed by atoms with Gasteiger partial charge in [0.25, 0.3) is 5.56 Å².